The smallest absolute Gasteiger partial charge is 0.231 e. The van der Waals surface area contributed by atoms with Crippen LogP contribution in [0.15, 0.2) is 6.07 Å². The number of amides is 1. The molecule has 2 N–H and O–H groups in total. The number of aryl methyl sites for hydroxylation is 1. The second-order valence-electron chi connectivity index (χ2n) is 6.43. The molecule has 0 bridgehead atoms. The molecular weight excluding hydrogens is 278 g/mol. The Bertz CT molecular complexity index is 541. The van der Waals surface area contributed by atoms with Gasteiger partial charge in [-0.25, -0.2) is 9.97 Å². The number of likely N-dealkylation sites (tertiary alicyclic amines) is 1. The summed E-state index contributed by atoms with van der Waals surface area (Å²) in [5, 5.41) is 0. The van der Waals surface area contributed by atoms with Crippen LogP contribution in [0.3, 0.4) is 0 Å². The van der Waals surface area contributed by atoms with E-state index in [2.05, 4.69) is 25.8 Å². The van der Waals surface area contributed by atoms with Crippen molar-refractivity contribution in [3.05, 3.63) is 17.6 Å². The standard InChI is InChI=1S/C16H25N5O/c1-12-18-14(9-16(19-12)21-7-2-3-8-21)13-5-4-6-20(10-13)11-15(17)22/h9,13H,2-8,10-11H2,1H3,(H2,17,22). The van der Waals surface area contributed by atoms with Gasteiger partial charge in [-0.1, -0.05) is 0 Å². The number of nitrogens with zero attached hydrogens (tertiary/aromatic N) is 4. The van der Waals surface area contributed by atoms with E-state index in [1.807, 2.05) is 6.92 Å². The van der Waals surface area contributed by atoms with Crippen LogP contribution in [-0.4, -0.2) is 53.5 Å². The minimum Gasteiger partial charge on any atom is -0.369 e. The van der Waals surface area contributed by atoms with E-state index >= 15 is 0 Å². The number of hydrogen-bond donors (Lipinski definition) is 1. The van der Waals surface area contributed by atoms with Gasteiger partial charge in [0.2, 0.25) is 5.91 Å². The minimum absolute atomic E-state index is 0.253. The van der Waals surface area contributed by atoms with Crippen molar-refractivity contribution in [1.29, 1.82) is 0 Å². The zero-order valence-corrected chi connectivity index (χ0v) is 13.3. The quantitative estimate of drug-likeness (QED) is 0.900. The number of aromatic nitrogens is 2. The number of primary amides is 1. The van der Waals surface area contributed by atoms with Gasteiger partial charge in [0.15, 0.2) is 0 Å². The molecule has 0 radical (unpaired) electrons. The average molecular weight is 303 g/mol. The molecule has 120 valence electrons. The van der Waals surface area contributed by atoms with E-state index in [0.717, 1.165) is 56.4 Å². The van der Waals surface area contributed by atoms with Gasteiger partial charge in [0.25, 0.3) is 0 Å². The van der Waals surface area contributed by atoms with Crippen LogP contribution in [-0.2, 0) is 4.79 Å². The third-order valence-corrected chi connectivity index (χ3v) is 4.58. The van der Waals surface area contributed by atoms with Crippen LogP contribution in [0.25, 0.3) is 0 Å². The predicted molar refractivity (Wildman–Crippen MR) is 85.8 cm³/mol. The van der Waals surface area contributed by atoms with Crippen LogP contribution in [0.5, 0.6) is 0 Å². The van der Waals surface area contributed by atoms with Crippen molar-refractivity contribution in [3.8, 4) is 0 Å². The topological polar surface area (TPSA) is 75.4 Å². The maximum Gasteiger partial charge on any atom is 0.231 e. The summed E-state index contributed by atoms with van der Waals surface area (Å²) in [5.74, 6) is 2.02. The van der Waals surface area contributed by atoms with E-state index in [1.165, 1.54) is 12.8 Å². The molecule has 0 aliphatic carbocycles. The fraction of sp³-hybridized carbons (Fsp3) is 0.688. The molecule has 1 aromatic heterocycles. The number of carbonyl (C=O) groups is 1. The normalized spacial score (nSPS) is 23.0. The molecule has 0 spiro atoms. The van der Waals surface area contributed by atoms with Crippen molar-refractivity contribution >= 4 is 11.7 Å². The summed E-state index contributed by atoms with van der Waals surface area (Å²) in [4.78, 5) is 24.9. The SMILES string of the molecule is Cc1nc(C2CCCN(CC(N)=O)C2)cc(N2CCCC2)n1. The molecule has 2 fully saturated rings. The molecule has 6 nitrogen and oxygen atoms in total. The van der Waals surface area contributed by atoms with Crippen LogP contribution in [0, 0.1) is 6.92 Å². The molecule has 1 aromatic rings. The minimum atomic E-state index is -0.253. The van der Waals surface area contributed by atoms with Crippen molar-refractivity contribution in [1.82, 2.24) is 14.9 Å². The Hall–Kier alpha value is -1.69. The Labute approximate surface area is 131 Å². The van der Waals surface area contributed by atoms with Gasteiger partial charge in [0.1, 0.15) is 11.6 Å². The lowest BCUT2D eigenvalue weighted by molar-refractivity contribution is -0.119. The summed E-state index contributed by atoms with van der Waals surface area (Å²) in [6.45, 7) is 6.30. The van der Waals surface area contributed by atoms with E-state index in [4.69, 9.17) is 5.73 Å². The fourth-order valence-electron chi connectivity index (χ4n) is 3.55. The zero-order valence-electron chi connectivity index (χ0n) is 13.3. The second kappa shape index (κ2) is 6.60. The maximum absolute atomic E-state index is 11.1. The molecular formula is C16H25N5O. The van der Waals surface area contributed by atoms with Crippen LogP contribution in [0.1, 0.15) is 43.1 Å². The molecule has 2 saturated heterocycles. The molecule has 2 aliphatic rings. The first-order valence-electron chi connectivity index (χ1n) is 8.23. The van der Waals surface area contributed by atoms with Gasteiger partial charge in [0.05, 0.1) is 12.2 Å². The number of piperidine rings is 1. The Kier molecular flexibility index (Phi) is 4.57. The summed E-state index contributed by atoms with van der Waals surface area (Å²) in [5.41, 5.74) is 6.44. The Morgan fingerprint density at radius 2 is 2.05 bits per heavy atom. The number of nitrogens with two attached hydrogens (primary N) is 1. The van der Waals surface area contributed by atoms with Crippen LogP contribution >= 0.6 is 0 Å². The first-order chi connectivity index (χ1) is 10.6. The van der Waals surface area contributed by atoms with Gasteiger partial charge >= 0.3 is 0 Å². The van der Waals surface area contributed by atoms with E-state index in [9.17, 15) is 4.79 Å². The Morgan fingerprint density at radius 3 is 2.77 bits per heavy atom. The Balaban J connectivity index is 1.76. The largest absolute Gasteiger partial charge is 0.369 e. The first-order valence-corrected chi connectivity index (χ1v) is 8.23. The van der Waals surface area contributed by atoms with E-state index in [0.29, 0.717) is 12.5 Å². The van der Waals surface area contributed by atoms with Gasteiger partial charge in [-0.15, -0.1) is 0 Å². The summed E-state index contributed by atoms with van der Waals surface area (Å²) in [6, 6.07) is 2.15. The maximum atomic E-state index is 11.1. The summed E-state index contributed by atoms with van der Waals surface area (Å²) < 4.78 is 0. The van der Waals surface area contributed by atoms with E-state index in [1.54, 1.807) is 0 Å². The van der Waals surface area contributed by atoms with Gasteiger partial charge in [-0.05, 0) is 39.2 Å². The predicted octanol–water partition coefficient (Wildman–Crippen LogP) is 1.05. The highest BCUT2D eigenvalue weighted by atomic mass is 16.1. The van der Waals surface area contributed by atoms with E-state index in [-0.39, 0.29) is 5.91 Å². The van der Waals surface area contributed by atoms with Crippen molar-refractivity contribution in [3.63, 3.8) is 0 Å². The summed E-state index contributed by atoms with van der Waals surface area (Å²) in [6.07, 6.45) is 4.69. The van der Waals surface area contributed by atoms with E-state index < -0.39 is 0 Å². The lowest BCUT2D eigenvalue weighted by Crippen LogP contribution is -2.40. The molecule has 6 heteroatoms. The highest BCUT2D eigenvalue weighted by molar-refractivity contribution is 5.75. The highest BCUT2D eigenvalue weighted by Crippen LogP contribution is 2.28. The van der Waals surface area contributed by atoms with Crippen molar-refractivity contribution in [2.24, 2.45) is 5.73 Å². The molecule has 3 heterocycles. The second-order valence-corrected chi connectivity index (χ2v) is 6.43. The monoisotopic (exact) mass is 303 g/mol. The average Bonchev–Trinajstić information content (AvgIpc) is 3.00. The molecule has 0 saturated carbocycles. The van der Waals surface area contributed by atoms with Crippen LogP contribution in [0.4, 0.5) is 5.82 Å². The number of anilines is 1. The zero-order chi connectivity index (χ0) is 15.5. The Morgan fingerprint density at radius 1 is 1.27 bits per heavy atom. The lowest BCUT2D eigenvalue weighted by Gasteiger charge is -2.32. The lowest BCUT2D eigenvalue weighted by atomic mass is 9.94. The molecule has 0 aromatic carbocycles. The van der Waals surface area contributed by atoms with Gasteiger partial charge in [0, 0.05) is 31.6 Å². The first kappa shape index (κ1) is 15.2. The summed E-state index contributed by atoms with van der Waals surface area (Å²) in [7, 11) is 0. The molecule has 3 rings (SSSR count). The van der Waals surface area contributed by atoms with Crippen LogP contribution in [0.2, 0.25) is 0 Å². The highest BCUT2D eigenvalue weighted by Gasteiger charge is 2.25. The third-order valence-electron chi connectivity index (χ3n) is 4.58. The number of hydrogen-bond acceptors (Lipinski definition) is 5. The number of rotatable bonds is 4. The summed E-state index contributed by atoms with van der Waals surface area (Å²) >= 11 is 0. The molecule has 1 unspecified atom stereocenters. The van der Waals surface area contributed by atoms with Crippen molar-refractivity contribution in [2.75, 3.05) is 37.6 Å². The molecule has 1 atom stereocenters. The van der Waals surface area contributed by atoms with Gasteiger partial charge < -0.3 is 10.6 Å². The molecule has 1 amide bonds. The van der Waals surface area contributed by atoms with Crippen molar-refractivity contribution < 1.29 is 4.79 Å². The molecule has 2 aliphatic heterocycles. The molecule has 22 heavy (non-hydrogen) atoms. The van der Waals surface area contributed by atoms with Gasteiger partial charge in [-0.2, -0.15) is 0 Å². The van der Waals surface area contributed by atoms with Crippen molar-refractivity contribution in [2.45, 2.75) is 38.5 Å². The third kappa shape index (κ3) is 3.55. The van der Waals surface area contributed by atoms with Crippen LogP contribution < -0.4 is 10.6 Å². The fourth-order valence-corrected chi connectivity index (χ4v) is 3.55. The number of carbonyl (C=O) groups excluding carboxylic acids is 1. The van der Waals surface area contributed by atoms with Gasteiger partial charge in [-0.3, -0.25) is 9.69 Å².